The quantitative estimate of drug-likeness (QED) is 0.605. The third kappa shape index (κ3) is 3.70. The number of benzene rings is 1. The van der Waals surface area contributed by atoms with Gasteiger partial charge in [0.1, 0.15) is 5.69 Å². The molecule has 110 valence electrons. The van der Waals surface area contributed by atoms with Gasteiger partial charge in [-0.05, 0) is 37.8 Å². The van der Waals surface area contributed by atoms with Gasteiger partial charge in [-0.3, -0.25) is 10.1 Å². The Kier molecular flexibility index (Phi) is 5.37. The molecule has 6 heteroatoms. The summed E-state index contributed by atoms with van der Waals surface area (Å²) in [6.07, 6.45) is 2.17. The summed E-state index contributed by atoms with van der Waals surface area (Å²) in [5.41, 5.74) is 0.871. The van der Waals surface area contributed by atoms with Crippen molar-refractivity contribution < 1.29 is 9.66 Å². The van der Waals surface area contributed by atoms with Crippen LogP contribution >= 0.6 is 15.9 Å². The molecule has 0 spiro atoms. The Hall–Kier alpha value is -1.14. The predicted molar refractivity (Wildman–Crippen MR) is 82.2 cm³/mol. The van der Waals surface area contributed by atoms with E-state index in [1.54, 1.807) is 6.07 Å². The molecule has 1 fully saturated rings. The molecule has 0 N–H and O–H groups in total. The van der Waals surface area contributed by atoms with Crippen molar-refractivity contribution in [1.82, 2.24) is 0 Å². The zero-order chi connectivity index (χ0) is 14.5. The maximum absolute atomic E-state index is 11.2. The highest BCUT2D eigenvalue weighted by atomic mass is 79.9. The van der Waals surface area contributed by atoms with Gasteiger partial charge in [-0.1, -0.05) is 15.9 Å². The Bertz CT molecular complexity index is 481. The second-order valence-electron chi connectivity index (χ2n) is 5.00. The van der Waals surface area contributed by atoms with Gasteiger partial charge in [0.25, 0.3) is 5.69 Å². The molecule has 1 aromatic rings. The lowest BCUT2D eigenvalue weighted by Crippen LogP contribution is -2.37. The van der Waals surface area contributed by atoms with Crippen LogP contribution in [0.25, 0.3) is 0 Å². The van der Waals surface area contributed by atoms with Crippen molar-refractivity contribution in [2.75, 3.05) is 31.2 Å². The number of piperidine rings is 1. The lowest BCUT2D eigenvalue weighted by molar-refractivity contribution is -0.384. The number of rotatable bonds is 5. The van der Waals surface area contributed by atoms with Crippen LogP contribution in [-0.2, 0) is 4.74 Å². The fourth-order valence-electron chi connectivity index (χ4n) is 2.61. The standard InChI is InChI=1S/C14H19BrN2O3/c1-2-20-10-11-4-3-7-16(9-11)13-6-5-12(15)8-14(13)17(18)19/h5-6,8,11H,2-4,7,9-10H2,1H3. The van der Waals surface area contributed by atoms with Gasteiger partial charge in [0.15, 0.2) is 0 Å². The Morgan fingerprint density at radius 3 is 3.05 bits per heavy atom. The van der Waals surface area contributed by atoms with Crippen LogP contribution in [0, 0.1) is 16.0 Å². The summed E-state index contributed by atoms with van der Waals surface area (Å²) in [6.45, 7) is 5.12. The Balaban J connectivity index is 2.16. The van der Waals surface area contributed by atoms with E-state index in [-0.39, 0.29) is 10.6 Å². The minimum absolute atomic E-state index is 0.163. The van der Waals surface area contributed by atoms with Gasteiger partial charge in [-0.25, -0.2) is 0 Å². The third-order valence-corrected chi connectivity index (χ3v) is 4.04. The zero-order valence-corrected chi connectivity index (χ0v) is 13.1. The average molecular weight is 343 g/mol. The second kappa shape index (κ2) is 7.04. The first kappa shape index (κ1) is 15.3. The number of hydrogen-bond acceptors (Lipinski definition) is 4. The molecule has 1 aromatic carbocycles. The second-order valence-corrected chi connectivity index (χ2v) is 5.92. The van der Waals surface area contributed by atoms with Crippen molar-refractivity contribution in [2.45, 2.75) is 19.8 Å². The lowest BCUT2D eigenvalue weighted by atomic mass is 9.98. The first-order valence-electron chi connectivity index (χ1n) is 6.88. The van der Waals surface area contributed by atoms with Crippen LogP contribution in [0.15, 0.2) is 22.7 Å². The monoisotopic (exact) mass is 342 g/mol. The highest BCUT2D eigenvalue weighted by molar-refractivity contribution is 9.10. The highest BCUT2D eigenvalue weighted by Crippen LogP contribution is 2.33. The van der Waals surface area contributed by atoms with Crippen molar-refractivity contribution >= 4 is 27.3 Å². The van der Waals surface area contributed by atoms with E-state index in [9.17, 15) is 10.1 Å². The smallest absolute Gasteiger partial charge is 0.293 e. The predicted octanol–water partition coefficient (Wildman–Crippen LogP) is 3.61. The fourth-order valence-corrected chi connectivity index (χ4v) is 2.96. The van der Waals surface area contributed by atoms with E-state index in [4.69, 9.17) is 4.74 Å². The van der Waals surface area contributed by atoms with Gasteiger partial charge in [0, 0.05) is 30.2 Å². The summed E-state index contributed by atoms with van der Waals surface area (Å²) in [5, 5.41) is 11.2. The largest absolute Gasteiger partial charge is 0.381 e. The highest BCUT2D eigenvalue weighted by Gasteiger charge is 2.25. The maximum Gasteiger partial charge on any atom is 0.293 e. The van der Waals surface area contributed by atoms with Gasteiger partial charge < -0.3 is 9.64 Å². The minimum atomic E-state index is -0.313. The van der Waals surface area contributed by atoms with Crippen LogP contribution in [0.4, 0.5) is 11.4 Å². The Morgan fingerprint density at radius 1 is 1.55 bits per heavy atom. The zero-order valence-electron chi connectivity index (χ0n) is 11.5. The SMILES string of the molecule is CCOCC1CCCN(c2ccc(Br)cc2[N+](=O)[O-])C1. The maximum atomic E-state index is 11.2. The summed E-state index contributed by atoms with van der Waals surface area (Å²) in [7, 11) is 0. The van der Waals surface area contributed by atoms with E-state index < -0.39 is 0 Å². The van der Waals surface area contributed by atoms with E-state index in [0.29, 0.717) is 11.6 Å². The molecule has 0 radical (unpaired) electrons. The topological polar surface area (TPSA) is 55.6 Å². The minimum Gasteiger partial charge on any atom is -0.381 e. The van der Waals surface area contributed by atoms with Crippen LogP contribution in [0.5, 0.6) is 0 Å². The molecule has 2 rings (SSSR count). The molecular weight excluding hydrogens is 324 g/mol. The molecule has 20 heavy (non-hydrogen) atoms. The molecule has 1 atom stereocenters. The van der Waals surface area contributed by atoms with Crippen LogP contribution < -0.4 is 4.90 Å². The first-order valence-corrected chi connectivity index (χ1v) is 7.67. The summed E-state index contributed by atoms with van der Waals surface area (Å²) in [6, 6.07) is 5.25. The molecule has 1 aliphatic heterocycles. The van der Waals surface area contributed by atoms with E-state index in [1.807, 2.05) is 19.1 Å². The number of anilines is 1. The third-order valence-electron chi connectivity index (χ3n) is 3.55. The molecule has 0 bridgehead atoms. The van der Waals surface area contributed by atoms with E-state index in [1.165, 1.54) is 0 Å². The van der Waals surface area contributed by atoms with Gasteiger partial charge in [0.2, 0.25) is 0 Å². The lowest BCUT2D eigenvalue weighted by Gasteiger charge is -2.33. The summed E-state index contributed by atoms with van der Waals surface area (Å²) in [5.74, 6) is 0.451. The van der Waals surface area contributed by atoms with E-state index in [0.717, 1.165) is 43.6 Å². The average Bonchev–Trinajstić information content (AvgIpc) is 2.45. The van der Waals surface area contributed by atoms with Gasteiger partial charge in [-0.15, -0.1) is 0 Å². The molecule has 0 amide bonds. The molecule has 0 saturated carbocycles. The number of nitro groups is 1. The number of ether oxygens (including phenoxy) is 1. The van der Waals surface area contributed by atoms with Crippen LogP contribution in [0.2, 0.25) is 0 Å². The van der Waals surface area contributed by atoms with Crippen molar-refractivity contribution in [3.05, 3.63) is 32.8 Å². The Morgan fingerprint density at radius 2 is 2.35 bits per heavy atom. The molecule has 1 unspecified atom stereocenters. The number of nitrogens with zero attached hydrogens (tertiary/aromatic N) is 2. The normalized spacial score (nSPS) is 19.1. The molecule has 0 aromatic heterocycles. The van der Waals surface area contributed by atoms with E-state index in [2.05, 4.69) is 20.8 Å². The molecule has 5 nitrogen and oxygen atoms in total. The molecule has 1 aliphatic rings. The Labute approximate surface area is 127 Å². The van der Waals surface area contributed by atoms with Crippen molar-refractivity contribution in [2.24, 2.45) is 5.92 Å². The molecule has 1 saturated heterocycles. The molecule has 1 heterocycles. The van der Waals surface area contributed by atoms with Crippen LogP contribution in [0.1, 0.15) is 19.8 Å². The van der Waals surface area contributed by atoms with Crippen LogP contribution in [0.3, 0.4) is 0 Å². The van der Waals surface area contributed by atoms with E-state index >= 15 is 0 Å². The van der Waals surface area contributed by atoms with Gasteiger partial charge >= 0.3 is 0 Å². The van der Waals surface area contributed by atoms with Crippen LogP contribution in [-0.4, -0.2) is 31.2 Å². The van der Waals surface area contributed by atoms with Crippen molar-refractivity contribution in [3.8, 4) is 0 Å². The number of nitro benzene ring substituents is 1. The summed E-state index contributed by atoms with van der Waals surface area (Å²) in [4.78, 5) is 13.0. The summed E-state index contributed by atoms with van der Waals surface area (Å²) >= 11 is 3.29. The van der Waals surface area contributed by atoms with Gasteiger partial charge in [-0.2, -0.15) is 0 Å². The number of halogens is 1. The first-order chi connectivity index (χ1) is 9.61. The summed E-state index contributed by atoms with van der Waals surface area (Å²) < 4.78 is 6.22. The molecule has 0 aliphatic carbocycles. The number of hydrogen-bond donors (Lipinski definition) is 0. The van der Waals surface area contributed by atoms with Crippen molar-refractivity contribution in [3.63, 3.8) is 0 Å². The van der Waals surface area contributed by atoms with Crippen molar-refractivity contribution in [1.29, 1.82) is 0 Å². The fraction of sp³-hybridized carbons (Fsp3) is 0.571. The van der Waals surface area contributed by atoms with Gasteiger partial charge in [0.05, 0.1) is 11.5 Å². The molecular formula is C14H19BrN2O3.